The van der Waals surface area contributed by atoms with Gasteiger partial charge in [0.15, 0.2) is 0 Å². The summed E-state index contributed by atoms with van der Waals surface area (Å²) in [6, 6.07) is 0. The van der Waals surface area contributed by atoms with Crippen molar-refractivity contribution in [2.24, 2.45) is 17.3 Å². The predicted octanol–water partition coefficient (Wildman–Crippen LogP) is 1.61. The molecule has 0 saturated heterocycles. The summed E-state index contributed by atoms with van der Waals surface area (Å²) in [6.45, 7) is 6.18. The topological polar surface area (TPSA) is 40.5 Å². The monoisotopic (exact) mass is 423 g/mol. The van der Waals surface area contributed by atoms with E-state index in [2.05, 4.69) is 13.8 Å². The van der Waals surface area contributed by atoms with Gasteiger partial charge in [0.2, 0.25) is 0 Å². The molecule has 2 bridgehead atoms. The van der Waals surface area contributed by atoms with E-state index in [9.17, 15) is 10.2 Å². The fourth-order valence-corrected chi connectivity index (χ4v) is 3.15. The molecule has 4 atom stereocenters. The van der Waals surface area contributed by atoms with Gasteiger partial charge in [-0.15, -0.1) is 0 Å². The predicted molar refractivity (Wildman–Crippen MR) is 53.0 cm³/mol. The Morgan fingerprint density at radius 3 is 1.93 bits per heavy atom. The van der Waals surface area contributed by atoms with Crippen molar-refractivity contribution in [1.29, 1.82) is 0 Å². The minimum atomic E-state index is -0.849. The Labute approximate surface area is 111 Å². The first kappa shape index (κ1) is 15.0. The number of rotatable bonds is 0. The molecule has 2 N–H and O–H groups in total. The van der Waals surface area contributed by atoms with Gasteiger partial charge in [-0.05, 0) is 37.0 Å². The Morgan fingerprint density at radius 1 is 1.14 bits per heavy atom. The van der Waals surface area contributed by atoms with Crippen LogP contribution in [0.15, 0.2) is 0 Å². The van der Waals surface area contributed by atoms with Crippen molar-refractivity contribution < 1.29 is 41.3 Å². The third-order valence-electron chi connectivity index (χ3n) is 4.36. The largest absolute Gasteiger partial charge is 0.390 e. The zero-order valence-electron chi connectivity index (χ0n) is 9.54. The SMILES string of the molecule is CC1(C)C2CC(O)C(C)(O)C1C2.[CH3-].[U]. The smallest absolute Gasteiger partial charge is 0.0910 e. The number of aliphatic hydroxyl groups is 2. The van der Waals surface area contributed by atoms with Crippen molar-refractivity contribution in [2.45, 2.75) is 45.3 Å². The van der Waals surface area contributed by atoms with Crippen LogP contribution in [0.4, 0.5) is 0 Å². The van der Waals surface area contributed by atoms with E-state index < -0.39 is 11.7 Å². The van der Waals surface area contributed by atoms with Gasteiger partial charge in [0.1, 0.15) is 0 Å². The van der Waals surface area contributed by atoms with Gasteiger partial charge in [0, 0.05) is 31.1 Å². The van der Waals surface area contributed by atoms with Gasteiger partial charge in [0.05, 0.1) is 11.7 Å². The normalized spacial score (nSPS) is 48.2. The van der Waals surface area contributed by atoms with E-state index in [-0.39, 0.29) is 44.0 Å². The minimum absolute atomic E-state index is 0. The summed E-state index contributed by atoms with van der Waals surface area (Å²) in [5, 5.41) is 19.7. The Kier molecular flexibility index (Phi) is 4.38. The second-order valence-corrected chi connectivity index (χ2v) is 5.28. The molecule has 82 valence electrons. The van der Waals surface area contributed by atoms with Gasteiger partial charge >= 0.3 is 0 Å². The number of fused-ring (bicyclic) bond motifs is 2. The van der Waals surface area contributed by atoms with Gasteiger partial charge in [0.25, 0.3) is 0 Å². The third kappa shape index (κ3) is 1.71. The van der Waals surface area contributed by atoms with E-state index in [1.54, 1.807) is 6.92 Å². The van der Waals surface area contributed by atoms with E-state index in [1.165, 1.54) is 0 Å². The molecular formula is C11H21O2U-. The van der Waals surface area contributed by atoms with Crippen LogP contribution < -0.4 is 0 Å². The van der Waals surface area contributed by atoms with Crippen LogP contribution >= 0.6 is 0 Å². The molecule has 3 heteroatoms. The maximum absolute atomic E-state index is 10.0. The van der Waals surface area contributed by atoms with Crippen molar-refractivity contribution in [3.8, 4) is 0 Å². The van der Waals surface area contributed by atoms with Crippen LogP contribution in [0, 0.1) is 55.8 Å². The number of hydrogen-bond acceptors (Lipinski definition) is 2. The summed E-state index contributed by atoms with van der Waals surface area (Å²) in [5.41, 5.74) is -0.610. The van der Waals surface area contributed by atoms with E-state index in [4.69, 9.17) is 0 Å². The van der Waals surface area contributed by atoms with Crippen LogP contribution in [0.25, 0.3) is 0 Å². The molecule has 2 nitrogen and oxygen atoms in total. The third-order valence-corrected chi connectivity index (χ3v) is 4.36. The van der Waals surface area contributed by atoms with Gasteiger partial charge in [-0.1, -0.05) is 13.8 Å². The quantitative estimate of drug-likeness (QED) is 0.582. The van der Waals surface area contributed by atoms with Gasteiger partial charge in [-0.3, -0.25) is 0 Å². The van der Waals surface area contributed by atoms with Crippen LogP contribution in [0.1, 0.15) is 33.6 Å². The summed E-state index contributed by atoms with van der Waals surface area (Å²) in [4.78, 5) is 0. The number of aliphatic hydroxyl groups excluding tert-OH is 1. The second-order valence-electron chi connectivity index (χ2n) is 5.28. The van der Waals surface area contributed by atoms with Crippen LogP contribution in [0.2, 0.25) is 0 Å². The van der Waals surface area contributed by atoms with Crippen LogP contribution in [0.5, 0.6) is 0 Å². The van der Waals surface area contributed by atoms with Crippen LogP contribution in [0.3, 0.4) is 0 Å². The van der Waals surface area contributed by atoms with E-state index in [0.29, 0.717) is 11.8 Å². The summed E-state index contributed by atoms with van der Waals surface area (Å²) < 4.78 is 0. The Hall–Kier alpha value is 0.972. The van der Waals surface area contributed by atoms with E-state index >= 15 is 0 Å². The molecule has 3 aliphatic carbocycles. The fourth-order valence-electron chi connectivity index (χ4n) is 3.15. The average Bonchev–Trinajstić information content (AvgIpc) is 1.93. The van der Waals surface area contributed by atoms with E-state index in [1.807, 2.05) is 0 Å². The molecule has 0 radical (unpaired) electrons. The summed E-state index contributed by atoms with van der Waals surface area (Å²) in [6.07, 6.45) is 1.36. The van der Waals surface area contributed by atoms with Crippen molar-refractivity contribution in [1.82, 2.24) is 0 Å². The molecule has 3 fully saturated rings. The summed E-state index contributed by atoms with van der Waals surface area (Å²) in [5.74, 6) is 0.913. The summed E-state index contributed by atoms with van der Waals surface area (Å²) >= 11 is 0. The van der Waals surface area contributed by atoms with Crippen LogP contribution in [-0.4, -0.2) is 21.9 Å². The molecule has 3 rings (SSSR count). The molecule has 3 aliphatic rings. The molecule has 0 spiro atoms. The van der Waals surface area contributed by atoms with Crippen molar-refractivity contribution in [2.75, 3.05) is 0 Å². The Balaban J connectivity index is 0.000000845. The van der Waals surface area contributed by atoms with Gasteiger partial charge < -0.3 is 17.6 Å². The maximum atomic E-state index is 10.0. The van der Waals surface area contributed by atoms with Crippen molar-refractivity contribution in [3.05, 3.63) is 7.43 Å². The van der Waals surface area contributed by atoms with Gasteiger partial charge in [-0.25, -0.2) is 0 Å². The van der Waals surface area contributed by atoms with E-state index in [0.717, 1.165) is 12.8 Å². The molecule has 14 heavy (non-hydrogen) atoms. The molecule has 0 aromatic rings. The zero-order valence-corrected chi connectivity index (χ0v) is 13.7. The first-order valence-corrected chi connectivity index (χ1v) is 4.77. The Morgan fingerprint density at radius 2 is 1.64 bits per heavy atom. The first-order valence-electron chi connectivity index (χ1n) is 4.77. The van der Waals surface area contributed by atoms with Crippen molar-refractivity contribution >= 4 is 0 Å². The maximum Gasteiger partial charge on any atom is 0.0910 e. The molecule has 0 aromatic carbocycles. The zero-order chi connectivity index (χ0) is 9.15. The van der Waals surface area contributed by atoms with Gasteiger partial charge in [-0.2, -0.15) is 0 Å². The Bertz CT molecular complexity index is 213. The van der Waals surface area contributed by atoms with Crippen LogP contribution in [-0.2, 0) is 0 Å². The first-order chi connectivity index (χ1) is 5.37. The second kappa shape index (κ2) is 4.09. The molecule has 4 unspecified atom stereocenters. The molecule has 3 saturated carbocycles. The molecule has 0 aromatic heterocycles. The number of hydrogen-bond donors (Lipinski definition) is 2. The summed E-state index contributed by atoms with van der Waals surface area (Å²) in [7, 11) is 0. The molecular weight excluding hydrogens is 402 g/mol. The molecule has 0 heterocycles. The molecule has 0 aliphatic heterocycles. The fraction of sp³-hybridized carbons (Fsp3) is 0.909. The van der Waals surface area contributed by atoms with Crippen molar-refractivity contribution in [3.63, 3.8) is 0 Å². The standard InChI is InChI=1S/C10H18O2.CH3.U/c1-9(2)6-4-7(9)10(3,12)8(11)5-6;;/h6-8,11-12H,4-5H2,1-3H3;1H3;/q;-1;. The average molecular weight is 423 g/mol. The minimum Gasteiger partial charge on any atom is -0.390 e. The molecule has 0 amide bonds.